The Kier molecular flexibility index (Phi) is 12.4. The van der Waals surface area contributed by atoms with Crippen molar-refractivity contribution in [2.45, 2.75) is 47.5 Å². The van der Waals surface area contributed by atoms with E-state index in [0.717, 1.165) is 5.56 Å². The zero-order valence-electron chi connectivity index (χ0n) is 20.5. The lowest BCUT2D eigenvalue weighted by molar-refractivity contribution is -0.149. The second-order valence-corrected chi connectivity index (χ2v) is 9.32. The standard InChI is InChI=1S/C25H40N4O4/c1-17(2)14-22(23(30)27-29(16-18(3)4)25(32)19(5)15-26)21(24(31)28-33)13-9-12-20-10-7-6-8-11-20/h6-12,17-19,21-22,33H,13-16,26H2,1-5H3,(H,27,30)(H,28,31)/b12-9+/t19?,21-,22+/m0/s1. The molecule has 0 saturated heterocycles. The van der Waals surface area contributed by atoms with Gasteiger partial charge in [0.1, 0.15) is 0 Å². The maximum Gasteiger partial charge on any atom is 0.247 e. The number of amides is 3. The predicted molar refractivity (Wildman–Crippen MR) is 129 cm³/mol. The number of hydroxylamine groups is 1. The Labute approximate surface area is 197 Å². The lowest BCUT2D eigenvalue weighted by atomic mass is 9.82. The van der Waals surface area contributed by atoms with Crippen LogP contribution in [0, 0.1) is 29.6 Å². The summed E-state index contributed by atoms with van der Waals surface area (Å²) >= 11 is 0. The van der Waals surface area contributed by atoms with E-state index in [1.807, 2.05) is 70.2 Å². The van der Waals surface area contributed by atoms with Crippen molar-refractivity contribution in [1.29, 1.82) is 0 Å². The molecule has 0 bridgehead atoms. The Bertz CT molecular complexity index is 780. The summed E-state index contributed by atoms with van der Waals surface area (Å²) in [7, 11) is 0. The van der Waals surface area contributed by atoms with E-state index in [2.05, 4.69) is 5.43 Å². The number of nitrogens with one attached hydrogen (secondary N) is 2. The quantitative estimate of drug-likeness (QED) is 0.282. The molecule has 0 spiro atoms. The van der Waals surface area contributed by atoms with E-state index < -0.39 is 29.6 Å². The van der Waals surface area contributed by atoms with Crippen molar-refractivity contribution in [3.8, 4) is 0 Å². The molecule has 0 saturated carbocycles. The highest BCUT2D eigenvalue weighted by atomic mass is 16.5. The van der Waals surface area contributed by atoms with Crippen molar-refractivity contribution in [3.05, 3.63) is 42.0 Å². The van der Waals surface area contributed by atoms with Crippen LogP contribution in [0.5, 0.6) is 0 Å². The number of allylic oxidation sites excluding steroid dienone is 1. The molecule has 1 rings (SSSR count). The van der Waals surface area contributed by atoms with Crippen LogP contribution in [0.1, 0.15) is 53.0 Å². The predicted octanol–water partition coefficient (Wildman–Crippen LogP) is 2.98. The van der Waals surface area contributed by atoms with Gasteiger partial charge >= 0.3 is 0 Å². The van der Waals surface area contributed by atoms with E-state index in [1.165, 1.54) is 5.01 Å². The Morgan fingerprint density at radius 2 is 1.64 bits per heavy atom. The van der Waals surface area contributed by atoms with Crippen LogP contribution in [-0.2, 0) is 14.4 Å². The number of nitrogens with zero attached hydrogens (tertiary/aromatic N) is 1. The van der Waals surface area contributed by atoms with Gasteiger partial charge in [0.25, 0.3) is 0 Å². The average Bonchev–Trinajstić information content (AvgIpc) is 2.78. The molecule has 1 aromatic rings. The Morgan fingerprint density at radius 1 is 1.00 bits per heavy atom. The Hall–Kier alpha value is -2.71. The molecule has 0 aliphatic carbocycles. The molecule has 0 radical (unpaired) electrons. The third-order valence-corrected chi connectivity index (χ3v) is 5.33. The van der Waals surface area contributed by atoms with Gasteiger partial charge in [-0.3, -0.25) is 30.0 Å². The number of hydrazine groups is 1. The molecule has 33 heavy (non-hydrogen) atoms. The normalized spacial score (nSPS) is 14.2. The number of hydrogen-bond acceptors (Lipinski definition) is 5. The average molecular weight is 461 g/mol. The molecular weight excluding hydrogens is 420 g/mol. The van der Waals surface area contributed by atoms with Crippen LogP contribution in [0.2, 0.25) is 0 Å². The number of hydrogen-bond donors (Lipinski definition) is 4. The van der Waals surface area contributed by atoms with E-state index >= 15 is 0 Å². The minimum atomic E-state index is -0.805. The molecule has 184 valence electrons. The van der Waals surface area contributed by atoms with E-state index in [9.17, 15) is 19.6 Å². The molecule has 3 amide bonds. The van der Waals surface area contributed by atoms with Gasteiger partial charge in [0, 0.05) is 19.0 Å². The molecule has 0 heterocycles. The van der Waals surface area contributed by atoms with Crippen LogP contribution in [0.15, 0.2) is 36.4 Å². The summed E-state index contributed by atoms with van der Waals surface area (Å²) in [5.74, 6) is -3.09. The SMILES string of the molecule is CC(C)C[C@@H](C(=O)NN(CC(C)C)C(=O)C(C)CN)[C@H](C/C=C/c1ccccc1)C(=O)NO. The minimum Gasteiger partial charge on any atom is -0.330 e. The summed E-state index contributed by atoms with van der Waals surface area (Å²) in [6, 6.07) is 9.61. The first-order valence-electron chi connectivity index (χ1n) is 11.6. The van der Waals surface area contributed by atoms with Gasteiger partial charge < -0.3 is 5.73 Å². The lowest BCUT2D eigenvalue weighted by Gasteiger charge is -2.31. The summed E-state index contributed by atoms with van der Waals surface area (Å²) in [5.41, 5.74) is 11.1. The van der Waals surface area contributed by atoms with Crippen molar-refractivity contribution >= 4 is 23.8 Å². The maximum absolute atomic E-state index is 13.4. The molecule has 8 heteroatoms. The second-order valence-electron chi connectivity index (χ2n) is 9.32. The van der Waals surface area contributed by atoms with Crippen LogP contribution in [0.25, 0.3) is 6.08 Å². The molecule has 1 unspecified atom stereocenters. The van der Waals surface area contributed by atoms with E-state index in [4.69, 9.17) is 5.73 Å². The van der Waals surface area contributed by atoms with Crippen LogP contribution in [0.4, 0.5) is 0 Å². The molecule has 0 fully saturated rings. The summed E-state index contributed by atoms with van der Waals surface area (Å²) in [6.07, 6.45) is 4.37. The lowest BCUT2D eigenvalue weighted by Crippen LogP contribution is -2.54. The topological polar surface area (TPSA) is 125 Å². The molecule has 0 aliphatic heterocycles. The smallest absolute Gasteiger partial charge is 0.247 e. The van der Waals surface area contributed by atoms with Crippen molar-refractivity contribution in [3.63, 3.8) is 0 Å². The van der Waals surface area contributed by atoms with Crippen LogP contribution in [0.3, 0.4) is 0 Å². The first-order valence-corrected chi connectivity index (χ1v) is 11.6. The highest BCUT2D eigenvalue weighted by Crippen LogP contribution is 2.26. The molecule has 1 aromatic carbocycles. The summed E-state index contributed by atoms with van der Waals surface area (Å²) < 4.78 is 0. The summed E-state index contributed by atoms with van der Waals surface area (Å²) in [4.78, 5) is 38.7. The van der Waals surface area contributed by atoms with Gasteiger partial charge in [0.05, 0.1) is 11.8 Å². The van der Waals surface area contributed by atoms with Gasteiger partial charge in [-0.1, -0.05) is 77.1 Å². The number of rotatable bonds is 12. The van der Waals surface area contributed by atoms with Gasteiger partial charge in [0.15, 0.2) is 0 Å². The fourth-order valence-corrected chi connectivity index (χ4v) is 3.55. The summed E-state index contributed by atoms with van der Waals surface area (Å²) in [6.45, 7) is 10.0. The zero-order chi connectivity index (χ0) is 25.0. The maximum atomic E-state index is 13.4. The number of nitrogens with two attached hydrogens (primary N) is 1. The molecule has 5 N–H and O–H groups in total. The van der Waals surface area contributed by atoms with Gasteiger partial charge in [-0.2, -0.15) is 0 Å². The van der Waals surface area contributed by atoms with Crippen LogP contribution in [-0.4, -0.2) is 41.0 Å². The van der Waals surface area contributed by atoms with E-state index in [1.54, 1.807) is 12.4 Å². The fourth-order valence-electron chi connectivity index (χ4n) is 3.55. The number of carbonyl (C=O) groups excluding carboxylic acids is 3. The van der Waals surface area contributed by atoms with Crippen LogP contribution < -0.4 is 16.6 Å². The van der Waals surface area contributed by atoms with Gasteiger partial charge in [-0.25, -0.2) is 5.48 Å². The van der Waals surface area contributed by atoms with E-state index in [0.29, 0.717) is 13.0 Å². The Balaban J connectivity index is 3.15. The van der Waals surface area contributed by atoms with Gasteiger partial charge in [0.2, 0.25) is 17.7 Å². The van der Waals surface area contributed by atoms with Gasteiger partial charge in [-0.15, -0.1) is 0 Å². The van der Waals surface area contributed by atoms with Gasteiger partial charge in [-0.05, 0) is 30.2 Å². The summed E-state index contributed by atoms with van der Waals surface area (Å²) in [5, 5.41) is 10.7. The van der Waals surface area contributed by atoms with Crippen molar-refractivity contribution in [2.75, 3.05) is 13.1 Å². The molecule has 8 nitrogen and oxygen atoms in total. The van der Waals surface area contributed by atoms with Crippen molar-refractivity contribution in [1.82, 2.24) is 15.9 Å². The van der Waals surface area contributed by atoms with E-state index in [-0.39, 0.29) is 30.7 Å². The monoisotopic (exact) mass is 460 g/mol. The van der Waals surface area contributed by atoms with Crippen molar-refractivity contribution < 1.29 is 19.6 Å². The fraction of sp³-hybridized carbons (Fsp3) is 0.560. The first-order chi connectivity index (χ1) is 15.6. The van der Waals surface area contributed by atoms with Crippen molar-refractivity contribution in [2.24, 2.45) is 35.3 Å². The number of carbonyl (C=O) groups is 3. The number of benzene rings is 1. The van der Waals surface area contributed by atoms with Crippen LogP contribution >= 0.6 is 0 Å². The molecule has 0 aliphatic rings. The minimum absolute atomic E-state index is 0.116. The highest BCUT2D eigenvalue weighted by molar-refractivity contribution is 5.89. The largest absolute Gasteiger partial charge is 0.330 e. The highest BCUT2D eigenvalue weighted by Gasteiger charge is 2.35. The molecule has 3 atom stereocenters. The Morgan fingerprint density at radius 3 is 2.15 bits per heavy atom. The first kappa shape index (κ1) is 28.3. The molecular formula is C25H40N4O4. The molecule has 0 aromatic heterocycles. The second kappa shape index (κ2) is 14.4. The third kappa shape index (κ3) is 9.75. The third-order valence-electron chi connectivity index (χ3n) is 5.33. The zero-order valence-corrected chi connectivity index (χ0v) is 20.5.